The number of aliphatic hydroxyl groups excluding tert-OH is 7. The Bertz CT molecular complexity index is 1050. The monoisotopic (exact) mass is 796 g/mol. The predicted molar refractivity (Wildman–Crippen MR) is 224 cm³/mol. The highest BCUT2D eigenvalue weighted by Gasteiger charge is 2.44. The van der Waals surface area contributed by atoms with E-state index in [1.165, 1.54) is 38.5 Å². The molecule has 9 unspecified atom stereocenters. The lowest BCUT2D eigenvalue weighted by Crippen LogP contribution is -2.60. The number of aliphatic hydroxyl groups is 7. The van der Waals surface area contributed by atoms with Gasteiger partial charge >= 0.3 is 0 Å². The number of amides is 1. The summed E-state index contributed by atoms with van der Waals surface area (Å²) in [5.41, 5.74) is 0. The van der Waals surface area contributed by atoms with Crippen molar-refractivity contribution in [2.24, 2.45) is 0 Å². The Morgan fingerprint density at radius 2 is 1.09 bits per heavy atom. The first-order valence-corrected chi connectivity index (χ1v) is 22.0. The molecule has 0 saturated carbocycles. The van der Waals surface area contributed by atoms with Crippen LogP contribution >= 0.6 is 0 Å². The molecule has 1 saturated heterocycles. The molecule has 56 heavy (non-hydrogen) atoms. The number of unbranched alkanes of at least 4 members (excludes halogenated alkanes) is 15. The van der Waals surface area contributed by atoms with E-state index in [1.54, 1.807) is 0 Å². The third-order valence-corrected chi connectivity index (χ3v) is 10.3. The molecule has 0 radical (unpaired) electrons. The van der Waals surface area contributed by atoms with Crippen LogP contribution in [0.1, 0.15) is 162 Å². The van der Waals surface area contributed by atoms with Crippen molar-refractivity contribution in [3.8, 4) is 0 Å². The maximum Gasteiger partial charge on any atom is 0.249 e. The summed E-state index contributed by atoms with van der Waals surface area (Å²) < 4.78 is 11.0. The van der Waals surface area contributed by atoms with E-state index in [4.69, 9.17) is 9.47 Å². The molecule has 9 atom stereocenters. The van der Waals surface area contributed by atoms with Crippen molar-refractivity contribution >= 4 is 5.91 Å². The molecule has 0 aromatic carbocycles. The molecule has 0 aromatic heterocycles. The van der Waals surface area contributed by atoms with E-state index in [0.717, 1.165) is 77.0 Å². The molecule has 1 amide bonds. The van der Waals surface area contributed by atoms with Gasteiger partial charge in [-0.25, -0.2) is 0 Å². The molecule has 1 aliphatic heterocycles. The molecular weight excluding hydrogens is 714 g/mol. The smallest absolute Gasteiger partial charge is 0.249 e. The van der Waals surface area contributed by atoms with Crippen LogP contribution in [-0.2, 0) is 14.3 Å². The molecule has 8 N–H and O–H groups in total. The third kappa shape index (κ3) is 24.8. The molecule has 1 heterocycles. The zero-order valence-electron chi connectivity index (χ0n) is 34.8. The second-order valence-electron chi connectivity index (χ2n) is 15.4. The van der Waals surface area contributed by atoms with Crippen molar-refractivity contribution in [1.82, 2.24) is 5.32 Å². The van der Waals surface area contributed by atoms with Gasteiger partial charge in [0.1, 0.15) is 36.6 Å². The fourth-order valence-corrected chi connectivity index (χ4v) is 6.57. The molecule has 0 spiro atoms. The number of rotatable bonds is 35. The molecule has 11 nitrogen and oxygen atoms in total. The Labute approximate surface area is 339 Å². The molecule has 1 fully saturated rings. The maximum absolute atomic E-state index is 13.0. The first-order valence-electron chi connectivity index (χ1n) is 22.0. The molecule has 0 bridgehead atoms. The van der Waals surface area contributed by atoms with E-state index in [1.807, 2.05) is 0 Å². The Kier molecular flexibility index (Phi) is 32.6. The highest BCUT2D eigenvalue weighted by Crippen LogP contribution is 2.23. The molecule has 1 rings (SSSR count). The van der Waals surface area contributed by atoms with Crippen LogP contribution in [0.25, 0.3) is 0 Å². The van der Waals surface area contributed by atoms with Gasteiger partial charge in [0.2, 0.25) is 5.91 Å². The fraction of sp³-hybridized carbons (Fsp3) is 0.800. The van der Waals surface area contributed by atoms with Gasteiger partial charge < -0.3 is 50.5 Å². The highest BCUT2D eigenvalue weighted by atomic mass is 16.7. The van der Waals surface area contributed by atoms with E-state index in [-0.39, 0.29) is 12.8 Å². The first-order chi connectivity index (χ1) is 27.2. The summed E-state index contributed by atoms with van der Waals surface area (Å²) >= 11 is 0. The second-order valence-corrected chi connectivity index (χ2v) is 15.4. The van der Waals surface area contributed by atoms with E-state index < -0.39 is 74.2 Å². The lowest BCUT2D eigenvalue weighted by atomic mass is 9.98. The van der Waals surface area contributed by atoms with E-state index in [9.17, 15) is 40.5 Å². The van der Waals surface area contributed by atoms with Crippen molar-refractivity contribution in [3.63, 3.8) is 0 Å². The van der Waals surface area contributed by atoms with Crippen molar-refractivity contribution in [3.05, 3.63) is 48.6 Å². The number of nitrogens with one attached hydrogen (secondary N) is 1. The van der Waals surface area contributed by atoms with Gasteiger partial charge in [0, 0.05) is 0 Å². The summed E-state index contributed by atoms with van der Waals surface area (Å²) in [6.07, 6.45) is 28.7. The van der Waals surface area contributed by atoms with Crippen molar-refractivity contribution in [2.45, 2.75) is 217 Å². The first kappa shape index (κ1) is 52.1. The van der Waals surface area contributed by atoms with Crippen LogP contribution in [0.3, 0.4) is 0 Å². The zero-order valence-corrected chi connectivity index (χ0v) is 34.8. The summed E-state index contributed by atoms with van der Waals surface area (Å²) in [5.74, 6) is -0.722. The van der Waals surface area contributed by atoms with E-state index in [2.05, 4.69) is 67.8 Å². The Morgan fingerprint density at radius 1 is 0.607 bits per heavy atom. The lowest BCUT2D eigenvalue weighted by molar-refractivity contribution is -0.303. The number of carbonyl (C=O) groups is 1. The number of carbonyl (C=O) groups excluding carboxylic acids is 1. The number of allylic oxidation sites excluding steroid dienone is 8. The largest absolute Gasteiger partial charge is 0.394 e. The van der Waals surface area contributed by atoms with Crippen LogP contribution in [0.15, 0.2) is 48.6 Å². The van der Waals surface area contributed by atoms with Gasteiger partial charge in [0.15, 0.2) is 6.29 Å². The van der Waals surface area contributed by atoms with Crippen LogP contribution in [0.5, 0.6) is 0 Å². The number of hydrogen-bond acceptors (Lipinski definition) is 10. The summed E-state index contributed by atoms with van der Waals surface area (Å²) in [7, 11) is 0. The Morgan fingerprint density at radius 3 is 1.64 bits per heavy atom. The van der Waals surface area contributed by atoms with Crippen molar-refractivity contribution < 1.29 is 50.0 Å². The van der Waals surface area contributed by atoms with Crippen molar-refractivity contribution in [1.29, 1.82) is 0 Å². The quantitative estimate of drug-likeness (QED) is 0.0256. The van der Waals surface area contributed by atoms with Crippen molar-refractivity contribution in [2.75, 3.05) is 13.2 Å². The van der Waals surface area contributed by atoms with E-state index in [0.29, 0.717) is 19.3 Å². The molecular formula is C45H81NO10. The SMILES string of the molecule is CCCC/C=C/CC/C=C/CC/C=C/CCCC(O)C(O)C(COC1OC(CO)C(O)C(O)C1O)NC(=O)C(O)CCCCCCCC/C=C\CCCCCC. The van der Waals surface area contributed by atoms with Crippen LogP contribution in [0.4, 0.5) is 0 Å². The Balaban J connectivity index is 2.54. The second kappa shape index (κ2) is 35.1. The maximum atomic E-state index is 13.0. The van der Waals surface area contributed by atoms with E-state index >= 15 is 0 Å². The van der Waals surface area contributed by atoms with Gasteiger partial charge in [0.05, 0.1) is 25.4 Å². The standard InChI is InChI=1S/C45H81NO10/c1-3-5-7-9-11-13-15-17-19-21-22-24-26-28-30-32-37(48)40(50)36(35-55-45-43(53)42(52)41(51)39(34-47)56-45)46-44(54)38(49)33-31-29-27-25-23-20-18-16-14-12-10-8-6-4-2/h9,11,14,16-17,19,24,26,36-43,45,47-53H,3-8,10,12-13,15,18,20-23,25,27-35H2,1-2H3,(H,46,54)/b11-9+,16-14-,19-17+,26-24+. The molecule has 11 heteroatoms. The zero-order chi connectivity index (χ0) is 41.2. The number of ether oxygens (including phenoxy) is 2. The average Bonchev–Trinajstić information content (AvgIpc) is 3.20. The minimum Gasteiger partial charge on any atom is -0.394 e. The topological polar surface area (TPSA) is 189 Å². The van der Waals surface area contributed by atoms with Gasteiger partial charge in [0.25, 0.3) is 0 Å². The van der Waals surface area contributed by atoms with Crippen LogP contribution in [0.2, 0.25) is 0 Å². The average molecular weight is 796 g/mol. The van der Waals surface area contributed by atoms with Gasteiger partial charge in [-0.3, -0.25) is 4.79 Å². The van der Waals surface area contributed by atoms with Crippen LogP contribution in [-0.4, -0.2) is 110 Å². The summed E-state index contributed by atoms with van der Waals surface area (Å²) in [4.78, 5) is 13.0. The minimum atomic E-state index is -1.67. The van der Waals surface area contributed by atoms with Gasteiger partial charge in [-0.15, -0.1) is 0 Å². The third-order valence-electron chi connectivity index (χ3n) is 10.3. The lowest BCUT2D eigenvalue weighted by Gasteiger charge is -2.40. The fourth-order valence-electron chi connectivity index (χ4n) is 6.57. The summed E-state index contributed by atoms with van der Waals surface area (Å²) in [5, 5.41) is 75.5. The Hall–Kier alpha value is -1.93. The summed E-state index contributed by atoms with van der Waals surface area (Å²) in [6.45, 7) is 3.33. The van der Waals surface area contributed by atoms with Crippen LogP contribution < -0.4 is 5.32 Å². The molecule has 1 aliphatic rings. The minimum absolute atomic E-state index is 0.238. The van der Waals surface area contributed by atoms with Gasteiger partial charge in [-0.05, 0) is 83.5 Å². The summed E-state index contributed by atoms with van der Waals surface area (Å²) in [6, 6.07) is -1.20. The highest BCUT2D eigenvalue weighted by molar-refractivity contribution is 5.80. The molecule has 0 aromatic rings. The predicted octanol–water partition coefficient (Wildman–Crippen LogP) is 6.61. The molecule has 0 aliphatic carbocycles. The molecule has 326 valence electrons. The number of hydrogen-bond donors (Lipinski definition) is 8. The normalized spacial score (nSPS) is 22.8. The van der Waals surface area contributed by atoms with Crippen LogP contribution in [0, 0.1) is 0 Å². The van der Waals surface area contributed by atoms with Gasteiger partial charge in [-0.1, -0.05) is 127 Å². The van der Waals surface area contributed by atoms with Gasteiger partial charge in [-0.2, -0.15) is 0 Å².